The molecule has 0 aromatic heterocycles. The lowest BCUT2D eigenvalue weighted by Gasteiger charge is -2.30. The molecular weight excluding hydrogens is 230 g/mol. The van der Waals surface area contributed by atoms with Gasteiger partial charge >= 0.3 is 6.09 Å². The Morgan fingerprint density at radius 3 is 2.44 bits per heavy atom. The maximum atomic E-state index is 11.7. The summed E-state index contributed by atoms with van der Waals surface area (Å²) in [7, 11) is 0. The van der Waals surface area contributed by atoms with Gasteiger partial charge in [-0.3, -0.25) is 0 Å². The van der Waals surface area contributed by atoms with Crippen LogP contribution in [0.25, 0.3) is 0 Å². The molecule has 4 nitrogen and oxygen atoms in total. The third-order valence-corrected chi connectivity index (χ3v) is 2.76. The van der Waals surface area contributed by atoms with Crippen molar-refractivity contribution < 1.29 is 14.6 Å². The van der Waals surface area contributed by atoms with E-state index >= 15 is 0 Å². The molecule has 0 fully saturated rings. The molecule has 0 radical (unpaired) electrons. The number of carbonyl (C=O) groups excluding carboxylic acids is 1. The number of hydrogen-bond donors (Lipinski definition) is 2. The van der Waals surface area contributed by atoms with E-state index in [1.54, 1.807) is 6.08 Å². The molecule has 0 unspecified atom stereocenters. The van der Waals surface area contributed by atoms with Crippen molar-refractivity contribution in [3.63, 3.8) is 0 Å². The number of amides is 1. The summed E-state index contributed by atoms with van der Waals surface area (Å²) in [6, 6.07) is -0.317. The van der Waals surface area contributed by atoms with Crippen LogP contribution in [-0.4, -0.2) is 28.9 Å². The number of alkyl carbamates (subject to hydrolysis) is 1. The lowest BCUT2D eigenvalue weighted by Crippen LogP contribution is -2.48. The van der Waals surface area contributed by atoms with Gasteiger partial charge in [-0.05, 0) is 33.1 Å². The molecule has 4 heteroatoms. The third kappa shape index (κ3) is 6.64. The van der Waals surface area contributed by atoms with Crippen LogP contribution in [0, 0.1) is 5.92 Å². The Balaban J connectivity index is 4.59. The number of hydrogen-bond acceptors (Lipinski definition) is 3. The minimum absolute atomic E-state index is 0.174. The minimum Gasteiger partial charge on any atom is -0.444 e. The molecule has 0 saturated carbocycles. The van der Waals surface area contributed by atoms with E-state index in [1.807, 2.05) is 34.6 Å². The van der Waals surface area contributed by atoms with Gasteiger partial charge in [0.25, 0.3) is 0 Å². The van der Waals surface area contributed by atoms with Crippen LogP contribution in [0.3, 0.4) is 0 Å². The fourth-order valence-electron chi connectivity index (χ4n) is 1.63. The van der Waals surface area contributed by atoms with Crippen LogP contribution in [-0.2, 0) is 4.74 Å². The number of nitrogens with one attached hydrogen (secondary N) is 1. The van der Waals surface area contributed by atoms with Crippen molar-refractivity contribution in [1.82, 2.24) is 5.32 Å². The zero-order valence-electron chi connectivity index (χ0n) is 12.2. The second-order valence-electron chi connectivity index (χ2n) is 5.65. The van der Waals surface area contributed by atoms with E-state index < -0.39 is 17.8 Å². The average molecular weight is 257 g/mol. The van der Waals surface area contributed by atoms with E-state index in [1.165, 1.54) is 0 Å². The van der Waals surface area contributed by atoms with Crippen molar-refractivity contribution in [1.29, 1.82) is 0 Å². The van der Waals surface area contributed by atoms with Gasteiger partial charge < -0.3 is 15.2 Å². The van der Waals surface area contributed by atoms with Crippen molar-refractivity contribution >= 4 is 6.09 Å². The maximum Gasteiger partial charge on any atom is 0.407 e. The normalized spacial score (nSPS) is 16.6. The van der Waals surface area contributed by atoms with Crippen LogP contribution in [0.1, 0.15) is 47.5 Å². The zero-order chi connectivity index (χ0) is 14.3. The maximum absolute atomic E-state index is 11.7. The largest absolute Gasteiger partial charge is 0.444 e. The second-order valence-corrected chi connectivity index (χ2v) is 5.65. The Kier molecular flexibility index (Phi) is 6.99. The summed E-state index contributed by atoms with van der Waals surface area (Å²) in [4.78, 5) is 11.7. The quantitative estimate of drug-likeness (QED) is 0.719. The highest BCUT2D eigenvalue weighted by molar-refractivity contribution is 5.68. The smallest absolute Gasteiger partial charge is 0.407 e. The highest BCUT2D eigenvalue weighted by atomic mass is 16.6. The number of ether oxygens (including phenoxy) is 1. The Morgan fingerprint density at radius 2 is 2.06 bits per heavy atom. The Bertz CT molecular complexity index is 271. The number of rotatable bonds is 6. The van der Waals surface area contributed by atoms with Gasteiger partial charge in [0, 0.05) is 0 Å². The van der Waals surface area contributed by atoms with Crippen LogP contribution in [0.4, 0.5) is 4.79 Å². The Labute approximate surface area is 110 Å². The second kappa shape index (κ2) is 7.41. The molecule has 0 rings (SSSR count). The molecule has 0 aliphatic carbocycles. The predicted molar refractivity (Wildman–Crippen MR) is 73.4 cm³/mol. The summed E-state index contributed by atoms with van der Waals surface area (Å²) in [5, 5.41) is 12.8. The molecule has 1 amide bonds. The fourth-order valence-corrected chi connectivity index (χ4v) is 1.63. The molecule has 0 aromatic rings. The summed E-state index contributed by atoms with van der Waals surface area (Å²) >= 11 is 0. The lowest BCUT2D eigenvalue weighted by atomic mass is 9.93. The first-order valence-electron chi connectivity index (χ1n) is 6.49. The van der Waals surface area contributed by atoms with E-state index in [-0.39, 0.29) is 12.0 Å². The number of aliphatic hydroxyl groups excluding tert-OH is 1. The molecule has 0 aliphatic rings. The van der Waals surface area contributed by atoms with Crippen molar-refractivity contribution in [3.8, 4) is 0 Å². The SMILES string of the molecule is C=CC[C@H](O)[C@@H](NC(=O)OC(C)(C)C)[C@H](C)CC. The minimum atomic E-state index is -0.634. The van der Waals surface area contributed by atoms with E-state index in [9.17, 15) is 9.90 Å². The molecule has 0 aromatic carbocycles. The molecule has 18 heavy (non-hydrogen) atoms. The monoisotopic (exact) mass is 257 g/mol. The van der Waals surface area contributed by atoms with Gasteiger partial charge in [0.15, 0.2) is 0 Å². The van der Waals surface area contributed by atoms with Crippen molar-refractivity contribution in [2.24, 2.45) is 5.92 Å². The fraction of sp³-hybridized carbons (Fsp3) is 0.786. The topological polar surface area (TPSA) is 58.6 Å². The van der Waals surface area contributed by atoms with Crippen molar-refractivity contribution in [2.75, 3.05) is 0 Å². The first-order chi connectivity index (χ1) is 8.21. The molecule has 0 saturated heterocycles. The molecular formula is C14H27NO3. The van der Waals surface area contributed by atoms with E-state index in [0.29, 0.717) is 6.42 Å². The first-order valence-corrected chi connectivity index (χ1v) is 6.49. The van der Waals surface area contributed by atoms with Gasteiger partial charge in [-0.1, -0.05) is 26.3 Å². The van der Waals surface area contributed by atoms with E-state index in [2.05, 4.69) is 11.9 Å². The summed E-state index contributed by atoms with van der Waals surface area (Å²) < 4.78 is 5.20. The lowest BCUT2D eigenvalue weighted by molar-refractivity contribution is 0.0368. The molecule has 0 bridgehead atoms. The van der Waals surface area contributed by atoms with Gasteiger partial charge in [-0.2, -0.15) is 0 Å². The van der Waals surface area contributed by atoms with Gasteiger partial charge in [0.05, 0.1) is 12.1 Å². The standard InChI is InChI=1S/C14H27NO3/c1-7-9-11(16)12(10(3)8-2)15-13(17)18-14(4,5)6/h7,10-12,16H,1,8-9H2,2-6H3,(H,15,17)/t10-,11+,12+/m1/s1. The summed E-state index contributed by atoms with van der Waals surface area (Å²) in [6.45, 7) is 13.1. The highest BCUT2D eigenvalue weighted by Gasteiger charge is 2.27. The molecule has 106 valence electrons. The van der Waals surface area contributed by atoms with E-state index in [0.717, 1.165) is 6.42 Å². The van der Waals surface area contributed by atoms with Crippen LogP contribution in [0.15, 0.2) is 12.7 Å². The van der Waals surface area contributed by atoms with Crippen LogP contribution >= 0.6 is 0 Å². The van der Waals surface area contributed by atoms with Crippen LogP contribution in [0.5, 0.6) is 0 Å². The first kappa shape index (κ1) is 17.0. The molecule has 0 heterocycles. The summed E-state index contributed by atoms with van der Waals surface area (Å²) in [6.07, 6.45) is 1.84. The average Bonchev–Trinajstić information content (AvgIpc) is 2.22. The number of aliphatic hydroxyl groups is 1. The Hall–Kier alpha value is -1.03. The summed E-state index contributed by atoms with van der Waals surface area (Å²) in [5.41, 5.74) is -0.534. The van der Waals surface area contributed by atoms with Gasteiger partial charge in [-0.25, -0.2) is 4.79 Å². The number of carbonyl (C=O) groups is 1. The van der Waals surface area contributed by atoms with Crippen molar-refractivity contribution in [3.05, 3.63) is 12.7 Å². The molecule has 0 aliphatic heterocycles. The zero-order valence-corrected chi connectivity index (χ0v) is 12.2. The highest BCUT2D eigenvalue weighted by Crippen LogP contribution is 2.15. The van der Waals surface area contributed by atoms with Crippen molar-refractivity contribution in [2.45, 2.75) is 65.2 Å². The molecule has 3 atom stereocenters. The third-order valence-electron chi connectivity index (χ3n) is 2.76. The van der Waals surface area contributed by atoms with Gasteiger partial charge in [0.1, 0.15) is 5.60 Å². The molecule has 0 spiro atoms. The van der Waals surface area contributed by atoms with E-state index in [4.69, 9.17) is 4.74 Å². The molecule has 2 N–H and O–H groups in total. The van der Waals surface area contributed by atoms with Gasteiger partial charge in [-0.15, -0.1) is 6.58 Å². The van der Waals surface area contributed by atoms with Gasteiger partial charge in [0.2, 0.25) is 0 Å². The van der Waals surface area contributed by atoms with Crippen LogP contribution < -0.4 is 5.32 Å². The summed E-state index contributed by atoms with van der Waals surface area (Å²) in [5.74, 6) is 0.174. The van der Waals surface area contributed by atoms with Crippen LogP contribution in [0.2, 0.25) is 0 Å². The Morgan fingerprint density at radius 1 is 1.50 bits per heavy atom. The predicted octanol–water partition coefficient (Wildman–Crippen LogP) is 2.86.